The lowest BCUT2D eigenvalue weighted by Gasteiger charge is -2.11. The minimum atomic E-state index is 0.376. The maximum atomic E-state index is 3.50. The second-order valence-electron chi connectivity index (χ2n) is 3.84. The van der Waals surface area contributed by atoms with Crippen molar-refractivity contribution < 1.29 is 0 Å². The van der Waals surface area contributed by atoms with Gasteiger partial charge in [0, 0.05) is 34.2 Å². The van der Waals surface area contributed by atoms with Gasteiger partial charge in [-0.1, -0.05) is 15.9 Å². The molecule has 0 spiro atoms. The third-order valence-corrected chi connectivity index (χ3v) is 3.41. The highest BCUT2D eigenvalue weighted by atomic mass is 79.9. The van der Waals surface area contributed by atoms with Gasteiger partial charge >= 0.3 is 0 Å². The van der Waals surface area contributed by atoms with E-state index in [0.717, 1.165) is 4.47 Å². The lowest BCUT2D eigenvalue weighted by atomic mass is 10.2. The zero-order valence-corrected chi connectivity index (χ0v) is 10.8. The lowest BCUT2D eigenvalue weighted by molar-refractivity contribution is 0.610. The molecule has 2 nitrogen and oxygen atoms in total. The Kier molecular flexibility index (Phi) is 2.85. The summed E-state index contributed by atoms with van der Waals surface area (Å²) in [5.74, 6) is 0. The van der Waals surface area contributed by atoms with Crippen LogP contribution < -0.4 is 5.32 Å². The Balaban J connectivity index is 2.63. The quantitative estimate of drug-likeness (QED) is 0.884. The molecule has 1 aromatic carbocycles. The predicted molar refractivity (Wildman–Crippen MR) is 68.1 cm³/mol. The second-order valence-corrected chi connectivity index (χ2v) is 4.76. The summed E-state index contributed by atoms with van der Waals surface area (Å²) in [4.78, 5) is 0. The first-order valence-corrected chi connectivity index (χ1v) is 5.85. The number of hydrogen-bond donors (Lipinski definition) is 1. The molecule has 2 aromatic rings. The van der Waals surface area contributed by atoms with Gasteiger partial charge in [-0.15, -0.1) is 0 Å². The molecule has 0 aliphatic rings. The number of hydrogen-bond acceptors (Lipinski definition) is 1. The number of nitrogens with one attached hydrogen (secondary N) is 1. The fourth-order valence-corrected chi connectivity index (χ4v) is 2.28. The van der Waals surface area contributed by atoms with Gasteiger partial charge in [0.1, 0.15) is 0 Å². The van der Waals surface area contributed by atoms with Crippen LogP contribution in [-0.2, 0) is 7.05 Å². The zero-order chi connectivity index (χ0) is 11.0. The molecule has 1 N–H and O–H groups in total. The first kappa shape index (κ1) is 10.7. The Morgan fingerprint density at radius 3 is 2.73 bits per heavy atom. The zero-order valence-electron chi connectivity index (χ0n) is 9.21. The third kappa shape index (κ3) is 1.82. The van der Waals surface area contributed by atoms with Crippen LogP contribution in [0.1, 0.15) is 18.7 Å². The van der Waals surface area contributed by atoms with Crippen LogP contribution >= 0.6 is 15.9 Å². The van der Waals surface area contributed by atoms with Crippen molar-refractivity contribution in [3.63, 3.8) is 0 Å². The highest BCUT2D eigenvalue weighted by molar-refractivity contribution is 9.10. The van der Waals surface area contributed by atoms with Gasteiger partial charge in [-0.05, 0) is 38.2 Å². The number of fused-ring (bicyclic) bond motifs is 1. The molecule has 0 aliphatic carbocycles. The molecule has 2 rings (SSSR count). The average Bonchev–Trinajstić information content (AvgIpc) is 2.54. The van der Waals surface area contributed by atoms with E-state index in [1.807, 2.05) is 7.05 Å². The molecule has 0 amide bonds. The van der Waals surface area contributed by atoms with Crippen molar-refractivity contribution in [3.05, 3.63) is 34.4 Å². The molecule has 15 heavy (non-hydrogen) atoms. The van der Waals surface area contributed by atoms with Crippen molar-refractivity contribution in [3.8, 4) is 0 Å². The smallest absolute Gasteiger partial charge is 0.0481 e. The molecule has 80 valence electrons. The highest BCUT2D eigenvalue weighted by Crippen LogP contribution is 2.25. The summed E-state index contributed by atoms with van der Waals surface area (Å²) in [6.07, 6.45) is 0. The highest BCUT2D eigenvalue weighted by Gasteiger charge is 2.10. The van der Waals surface area contributed by atoms with Crippen molar-refractivity contribution in [2.45, 2.75) is 13.0 Å². The van der Waals surface area contributed by atoms with Crippen LogP contribution in [0.3, 0.4) is 0 Å². The topological polar surface area (TPSA) is 17.0 Å². The fourth-order valence-electron chi connectivity index (χ4n) is 1.91. The summed E-state index contributed by atoms with van der Waals surface area (Å²) in [6, 6.07) is 8.99. The van der Waals surface area contributed by atoms with E-state index >= 15 is 0 Å². The SMILES string of the molecule is CNC(C)c1cc2cc(Br)ccc2n1C. The first-order chi connectivity index (χ1) is 7.13. The van der Waals surface area contributed by atoms with Gasteiger partial charge in [0.25, 0.3) is 0 Å². The Bertz CT molecular complexity index is 488. The summed E-state index contributed by atoms with van der Waals surface area (Å²) in [6.45, 7) is 2.17. The van der Waals surface area contributed by atoms with E-state index in [2.05, 4.69) is 64.1 Å². The standard InChI is InChI=1S/C12H15BrN2/c1-8(14-2)12-7-9-6-10(13)4-5-11(9)15(12)3/h4-8,14H,1-3H3. The van der Waals surface area contributed by atoms with Crippen molar-refractivity contribution in [2.24, 2.45) is 7.05 Å². The van der Waals surface area contributed by atoms with E-state index in [0.29, 0.717) is 6.04 Å². The molecule has 0 aliphatic heterocycles. The molecule has 1 heterocycles. The Morgan fingerprint density at radius 2 is 2.07 bits per heavy atom. The molecule has 0 fully saturated rings. The molecule has 0 saturated heterocycles. The van der Waals surface area contributed by atoms with Crippen LogP contribution in [0.5, 0.6) is 0 Å². The van der Waals surface area contributed by atoms with E-state index in [4.69, 9.17) is 0 Å². The van der Waals surface area contributed by atoms with Crippen LogP contribution in [-0.4, -0.2) is 11.6 Å². The number of rotatable bonds is 2. The minimum absolute atomic E-state index is 0.376. The van der Waals surface area contributed by atoms with Gasteiger partial charge in [0.05, 0.1) is 0 Å². The van der Waals surface area contributed by atoms with Crippen molar-refractivity contribution in [2.75, 3.05) is 7.05 Å². The van der Waals surface area contributed by atoms with Gasteiger partial charge in [-0.3, -0.25) is 0 Å². The van der Waals surface area contributed by atoms with Crippen LogP contribution in [0.15, 0.2) is 28.7 Å². The van der Waals surface area contributed by atoms with E-state index in [9.17, 15) is 0 Å². The van der Waals surface area contributed by atoms with E-state index < -0.39 is 0 Å². The number of nitrogens with zero attached hydrogens (tertiary/aromatic N) is 1. The number of aryl methyl sites for hydroxylation is 1. The van der Waals surface area contributed by atoms with Gasteiger partial charge in [-0.25, -0.2) is 0 Å². The molecule has 3 heteroatoms. The van der Waals surface area contributed by atoms with E-state index in [1.54, 1.807) is 0 Å². The van der Waals surface area contributed by atoms with Gasteiger partial charge in [0.2, 0.25) is 0 Å². The van der Waals surface area contributed by atoms with Gasteiger partial charge in [-0.2, -0.15) is 0 Å². The van der Waals surface area contributed by atoms with Gasteiger partial charge < -0.3 is 9.88 Å². The predicted octanol–water partition coefficient (Wildman–Crippen LogP) is 3.22. The third-order valence-electron chi connectivity index (χ3n) is 2.92. The van der Waals surface area contributed by atoms with E-state index in [1.165, 1.54) is 16.6 Å². The fraction of sp³-hybridized carbons (Fsp3) is 0.333. The Morgan fingerprint density at radius 1 is 1.33 bits per heavy atom. The molecule has 0 radical (unpaired) electrons. The molecular formula is C12H15BrN2. The van der Waals surface area contributed by atoms with Crippen molar-refractivity contribution in [1.82, 2.24) is 9.88 Å². The lowest BCUT2D eigenvalue weighted by Crippen LogP contribution is -2.15. The summed E-state index contributed by atoms with van der Waals surface area (Å²) in [5, 5.41) is 4.55. The summed E-state index contributed by atoms with van der Waals surface area (Å²) in [5.41, 5.74) is 2.58. The van der Waals surface area contributed by atoms with Crippen LogP contribution in [0.4, 0.5) is 0 Å². The molecule has 1 aromatic heterocycles. The Labute approximate surface area is 98.4 Å². The summed E-state index contributed by atoms with van der Waals surface area (Å²) < 4.78 is 3.37. The van der Waals surface area contributed by atoms with Crippen molar-refractivity contribution >= 4 is 26.8 Å². The molecule has 1 atom stereocenters. The molecule has 0 bridgehead atoms. The van der Waals surface area contributed by atoms with E-state index in [-0.39, 0.29) is 0 Å². The van der Waals surface area contributed by atoms with Crippen LogP contribution in [0, 0.1) is 0 Å². The monoisotopic (exact) mass is 266 g/mol. The second kappa shape index (κ2) is 3.99. The largest absolute Gasteiger partial charge is 0.346 e. The normalized spacial score (nSPS) is 13.3. The Hall–Kier alpha value is -0.800. The maximum Gasteiger partial charge on any atom is 0.0481 e. The van der Waals surface area contributed by atoms with Gasteiger partial charge in [0.15, 0.2) is 0 Å². The van der Waals surface area contributed by atoms with Crippen LogP contribution in [0.25, 0.3) is 10.9 Å². The number of benzene rings is 1. The van der Waals surface area contributed by atoms with Crippen LogP contribution in [0.2, 0.25) is 0 Å². The van der Waals surface area contributed by atoms with Crippen molar-refractivity contribution in [1.29, 1.82) is 0 Å². The molecule has 1 unspecified atom stereocenters. The maximum absolute atomic E-state index is 3.50. The minimum Gasteiger partial charge on any atom is -0.346 e. The number of aromatic nitrogens is 1. The first-order valence-electron chi connectivity index (χ1n) is 5.05. The number of halogens is 1. The summed E-state index contributed by atoms with van der Waals surface area (Å²) in [7, 11) is 4.09. The average molecular weight is 267 g/mol. The molecular weight excluding hydrogens is 252 g/mol. The summed E-state index contributed by atoms with van der Waals surface area (Å²) >= 11 is 3.50. The molecule has 0 saturated carbocycles.